The van der Waals surface area contributed by atoms with Gasteiger partial charge in [0.25, 0.3) is 0 Å². The van der Waals surface area contributed by atoms with Crippen LogP contribution >= 0.6 is 0 Å². The number of hydrogen-bond donors (Lipinski definition) is 0. The number of rotatable bonds is 7. The second-order valence-electron chi connectivity index (χ2n) is 6.59. The van der Waals surface area contributed by atoms with Crippen molar-refractivity contribution in [3.63, 3.8) is 0 Å². The molecule has 1 rings (SSSR count). The third-order valence-corrected chi connectivity index (χ3v) is 5.20. The molecule has 0 N–H and O–H groups in total. The van der Waals surface area contributed by atoms with E-state index in [-0.39, 0.29) is 5.60 Å². The fourth-order valence-electron chi connectivity index (χ4n) is 3.00. The maximum atomic E-state index is 6.35. The van der Waals surface area contributed by atoms with Crippen molar-refractivity contribution >= 4 is 9.76 Å². The van der Waals surface area contributed by atoms with Crippen LogP contribution in [0.1, 0.15) is 60.3 Å². The van der Waals surface area contributed by atoms with E-state index >= 15 is 0 Å². The first-order valence-corrected chi connectivity index (χ1v) is 8.56. The number of ether oxygens (including phenoxy) is 1. The van der Waals surface area contributed by atoms with Crippen molar-refractivity contribution in [1.82, 2.24) is 0 Å². The summed E-state index contributed by atoms with van der Waals surface area (Å²) >= 11 is 0. The zero-order chi connectivity index (χ0) is 12.9. The molecule has 0 aliphatic carbocycles. The van der Waals surface area contributed by atoms with Crippen LogP contribution in [0.5, 0.6) is 0 Å². The maximum absolute atomic E-state index is 6.35. The Morgan fingerprint density at radius 2 is 1.82 bits per heavy atom. The molecule has 1 fully saturated rings. The molecule has 1 aliphatic heterocycles. The van der Waals surface area contributed by atoms with Crippen LogP contribution < -0.4 is 0 Å². The second kappa shape index (κ2) is 6.91. The molecule has 1 aliphatic rings. The first kappa shape index (κ1) is 15.2. The van der Waals surface area contributed by atoms with E-state index in [1.165, 1.54) is 25.7 Å². The Balaban J connectivity index is 2.43. The van der Waals surface area contributed by atoms with Gasteiger partial charge >= 0.3 is 0 Å². The van der Waals surface area contributed by atoms with E-state index in [2.05, 4.69) is 34.6 Å². The lowest BCUT2D eigenvalue weighted by atomic mass is 9.87. The highest BCUT2D eigenvalue weighted by molar-refractivity contribution is 6.29. The van der Waals surface area contributed by atoms with Crippen LogP contribution in [0.4, 0.5) is 0 Å². The third kappa shape index (κ3) is 6.02. The van der Waals surface area contributed by atoms with Crippen LogP contribution in [0.15, 0.2) is 0 Å². The summed E-state index contributed by atoms with van der Waals surface area (Å²) in [6.45, 7) is 12.4. The van der Waals surface area contributed by atoms with E-state index in [9.17, 15) is 0 Å². The largest absolute Gasteiger partial charge is 0.416 e. The summed E-state index contributed by atoms with van der Waals surface area (Å²) in [5.74, 6) is 1.41. The standard InChI is InChI=1S/C14H30O2Si/c1-11(2)9-14(5,10-12(3)4)16-17-13-7-6-8-15-13/h11-13H,6-10,17H2,1-5H3. The predicted molar refractivity (Wildman–Crippen MR) is 75.9 cm³/mol. The fraction of sp³-hybridized carbons (Fsp3) is 1.00. The molecule has 0 amide bonds. The summed E-state index contributed by atoms with van der Waals surface area (Å²) in [4.78, 5) is 0. The molecule has 102 valence electrons. The first-order valence-electron chi connectivity index (χ1n) is 7.17. The zero-order valence-electron chi connectivity index (χ0n) is 12.3. The van der Waals surface area contributed by atoms with E-state index in [1.807, 2.05) is 0 Å². The van der Waals surface area contributed by atoms with Gasteiger partial charge in [-0.15, -0.1) is 0 Å². The minimum Gasteiger partial charge on any atom is -0.416 e. The summed E-state index contributed by atoms with van der Waals surface area (Å²) < 4.78 is 12.0. The van der Waals surface area contributed by atoms with E-state index in [0.717, 1.165) is 6.61 Å². The molecule has 0 aromatic carbocycles. The molecule has 1 unspecified atom stereocenters. The normalized spacial score (nSPS) is 22.4. The quantitative estimate of drug-likeness (QED) is 0.653. The maximum Gasteiger partial charge on any atom is 0.191 e. The van der Waals surface area contributed by atoms with Crippen molar-refractivity contribution in [1.29, 1.82) is 0 Å². The minimum atomic E-state index is -0.525. The molecule has 0 spiro atoms. The van der Waals surface area contributed by atoms with E-state index in [4.69, 9.17) is 9.16 Å². The third-order valence-electron chi connectivity index (χ3n) is 3.32. The molecular formula is C14H30O2Si. The molecule has 2 nitrogen and oxygen atoms in total. The minimum absolute atomic E-state index is 0.0838. The molecule has 0 saturated carbocycles. The van der Waals surface area contributed by atoms with Gasteiger partial charge in [0.15, 0.2) is 9.76 Å². The Bertz CT molecular complexity index is 200. The fourth-order valence-corrected chi connectivity index (χ4v) is 4.54. The summed E-state index contributed by atoms with van der Waals surface area (Å²) in [5.41, 5.74) is 0.564. The van der Waals surface area contributed by atoms with Crippen LogP contribution in [-0.2, 0) is 9.16 Å². The summed E-state index contributed by atoms with van der Waals surface area (Å²) in [7, 11) is -0.525. The lowest BCUT2D eigenvalue weighted by Gasteiger charge is -2.34. The van der Waals surface area contributed by atoms with Crippen molar-refractivity contribution in [2.45, 2.75) is 71.6 Å². The monoisotopic (exact) mass is 258 g/mol. The molecular weight excluding hydrogens is 228 g/mol. The van der Waals surface area contributed by atoms with Crippen molar-refractivity contribution in [3.05, 3.63) is 0 Å². The van der Waals surface area contributed by atoms with Gasteiger partial charge in [0.1, 0.15) is 0 Å². The van der Waals surface area contributed by atoms with Gasteiger partial charge in [-0.3, -0.25) is 0 Å². The topological polar surface area (TPSA) is 18.5 Å². The van der Waals surface area contributed by atoms with Crippen molar-refractivity contribution in [3.8, 4) is 0 Å². The van der Waals surface area contributed by atoms with Gasteiger partial charge in [-0.25, -0.2) is 0 Å². The van der Waals surface area contributed by atoms with Gasteiger partial charge in [0, 0.05) is 6.61 Å². The number of hydrogen-bond acceptors (Lipinski definition) is 2. The van der Waals surface area contributed by atoms with Gasteiger partial charge in [-0.1, -0.05) is 27.7 Å². The average molecular weight is 258 g/mol. The molecule has 17 heavy (non-hydrogen) atoms. The smallest absolute Gasteiger partial charge is 0.191 e. The highest BCUT2D eigenvalue weighted by Gasteiger charge is 2.29. The van der Waals surface area contributed by atoms with Crippen LogP contribution in [0.3, 0.4) is 0 Å². The van der Waals surface area contributed by atoms with Crippen molar-refractivity contribution < 1.29 is 9.16 Å². The molecule has 0 radical (unpaired) electrons. The zero-order valence-corrected chi connectivity index (χ0v) is 13.7. The van der Waals surface area contributed by atoms with Crippen LogP contribution in [0.2, 0.25) is 0 Å². The Labute approximate surface area is 109 Å². The van der Waals surface area contributed by atoms with E-state index in [0.29, 0.717) is 17.6 Å². The Kier molecular flexibility index (Phi) is 6.17. The lowest BCUT2D eigenvalue weighted by molar-refractivity contribution is 0.0348. The predicted octanol–water partition coefficient (Wildman–Crippen LogP) is 3.07. The lowest BCUT2D eigenvalue weighted by Crippen LogP contribution is -2.37. The molecule has 0 aromatic rings. The van der Waals surface area contributed by atoms with Crippen LogP contribution in [0.25, 0.3) is 0 Å². The highest BCUT2D eigenvalue weighted by atomic mass is 28.2. The Hall–Kier alpha value is 0.137. The SMILES string of the molecule is CC(C)CC(C)(CC(C)C)O[SiH2]C1CCCO1. The average Bonchev–Trinajstić information content (AvgIpc) is 2.64. The van der Waals surface area contributed by atoms with Gasteiger partial charge in [-0.2, -0.15) is 0 Å². The first-order chi connectivity index (χ1) is 7.91. The molecule has 1 saturated heterocycles. The van der Waals surface area contributed by atoms with Crippen LogP contribution in [0, 0.1) is 11.8 Å². The van der Waals surface area contributed by atoms with Crippen molar-refractivity contribution in [2.75, 3.05) is 6.61 Å². The van der Waals surface area contributed by atoms with Gasteiger partial charge in [-0.05, 0) is 44.4 Å². The Morgan fingerprint density at radius 3 is 2.24 bits per heavy atom. The summed E-state index contributed by atoms with van der Waals surface area (Å²) in [5, 5.41) is 0. The molecule has 0 bridgehead atoms. The highest BCUT2D eigenvalue weighted by Crippen LogP contribution is 2.28. The van der Waals surface area contributed by atoms with E-state index in [1.54, 1.807) is 0 Å². The molecule has 1 heterocycles. The van der Waals surface area contributed by atoms with Crippen LogP contribution in [-0.4, -0.2) is 27.7 Å². The van der Waals surface area contributed by atoms with E-state index < -0.39 is 9.76 Å². The summed E-state index contributed by atoms with van der Waals surface area (Å²) in [6.07, 6.45) is 4.80. The summed E-state index contributed by atoms with van der Waals surface area (Å²) in [6, 6.07) is 0. The molecule has 3 heteroatoms. The molecule has 0 aromatic heterocycles. The second-order valence-corrected chi connectivity index (χ2v) is 8.12. The van der Waals surface area contributed by atoms with Gasteiger partial charge < -0.3 is 9.16 Å². The van der Waals surface area contributed by atoms with Crippen molar-refractivity contribution in [2.24, 2.45) is 11.8 Å². The van der Waals surface area contributed by atoms with Gasteiger partial charge in [0.2, 0.25) is 0 Å². The Morgan fingerprint density at radius 1 is 1.24 bits per heavy atom. The van der Waals surface area contributed by atoms with Gasteiger partial charge in [0.05, 0.1) is 11.3 Å². The molecule has 1 atom stereocenters.